The van der Waals surface area contributed by atoms with Crippen LogP contribution in [0.15, 0.2) is 12.3 Å². The predicted octanol–water partition coefficient (Wildman–Crippen LogP) is 2.94. The van der Waals surface area contributed by atoms with E-state index in [1.807, 2.05) is 19.9 Å². The molecule has 0 aliphatic rings. The molecule has 0 amide bonds. The molecule has 0 bridgehead atoms. The first-order valence-electron chi connectivity index (χ1n) is 5.19. The Morgan fingerprint density at radius 3 is 2.53 bits per heavy atom. The molecule has 0 aliphatic heterocycles. The molecule has 0 unspecified atom stereocenters. The van der Waals surface area contributed by atoms with Gasteiger partial charge in [-0.3, -0.25) is 5.10 Å². The number of hydrogen-bond acceptors (Lipinski definition) is 3. The lowest BCUT2D eigenvalue weighted by Gasteiger charge is -2.14. The molecule has 1 aromatic heterocycles. The second kappa shape index (κ2) is 4.30. The van der Waals surface area contributed by atoms with Gasteiger partial charge in [0.15, 0.2) is 0 Å². The molecule has 17 heavy (non-hydrogen) atoms. The molecule has 1 heterocycles. The van der Waals surface area contributed by atoms with Crippen LogP contribution in [0.3, 0.4) is 0 Å². The van der Waals surface area contributed by atoms with E-state index < -0.39 is 0 Å². The molecule has 0 spiro atoms. The number of anilines is 1. The van der Waals surface area contributed by atoms with Crippen LogP contribution in [0.1, 0.15) is 11.1 Å². The van der Waals surface area contributed by atoms with Crippen molar-refractivity contribution in [2.45, 2.75) is 13.8 Å². The number of hydrogen-bond donors (Lipinski definition) is 2. The van der Waals surface area contributed by atoms with E-state index in [1.54, 1.807) is 13.3 Å². The van der Waals surface area contributed by atoms with E-state index in [0.717, 1.165) is 28.0 Å². The molecule has 0 saturated carbocycles. The number of benzene rings is 1. The third-order valence-electron chi connectivity index (χ3n) is 2.88. The van der Waals surface area contributed by atoms with Gasteiger partial charge in [0, 0.05) is 16.1 Å². The van der Waals surface area contributed by atoms with E-state index in [1.165, 1.54) is 0 Å². The van der Waals surface area contributed by atoms with Gasteiger partial charge in [0.25, 0.3) is 0 Å². The van der Waals surface area contributed by atoms with Crippen LogP contribution in [-0.2, 0) is 0 Å². The van der Waals surface area contributed by atoms with Crippen LogP contribution in [0.25, 0.3) is 11.1 Å². The zero-order valence-corrected chi connectivity index (χ0v) is 10.7. The van der Waals surface area contributed by atoms with Crippen LogP contribution in [0.5, 0.6) is 5.75 Å². The molecule has 3 N–H and O–H groups in total. The zero-order chi connectivity index (χ0) is 12.6. The van der Waals surface area contributed by atoms with Crippen LogP contribution in [0, 0.1) is 13.8 Å². The van der Waals surface area contributed by atoms with Gasteiger partial charge >= 0.3 is 0 Å². The van der Waals surface area contributed by atoms with Gasteiger partial charge in [0.05, 0.1) is 13.3 Å². The summed E-state index contributed by atoms with van der Waals surface area (Å²) in [6.07, 6.45) is 1.68. The average molecular weight is 252 g/mol. The summed E-state index contributed by atoms with van der Waals surface area (Å²) in [6, 6.07) is 1.88. The molecule has 4 nitrogen and oxygen atoms in total. The van der Waals surface area contributed by atoms with E-state index >= 15 is 0 Å². The van der Waals surface area contributed by atoms with E-state index in [4.69, 9.17) is 22.1 Å². The Hall–Kier alpha value is -1.68. The average Bonchev–Trinajstić information content (AvgIpc) is 2.71. The highest BCUT2D eigenvalue weighted by Crippen LogP contribution is 2.38. The van der Waals surface area contributed by atoms with Crippen LogP contribution in [0.2, 0.25) is 5.02 Å². The highest BCUT2D eigenvalue weighted by atomic mass is 35.5. The molecule has 0 fully saturated rings. The van der Waals surface area contributed by atoms with Gasteiger partial charge in [0.2, 0.25) is 0 Å². The quantitative estimate of drug-likeness (QED) is 0.863. The molecule has 90 valence electrons. The number of halogens is 1. The molecule has 0 saturated heterocycles. The molecule has 2 rings (SSSR count). The number of H-pyrrole nitrogens is 1. The first-order valence-corrected chi connectivity index (χ1v) is 5.57. The molecular weight excluding hydrogens is 238 g/mol. The monoisotopic (exact) mass is 251 g/mol. The van der Waals surface area contributed by atoms with Crippen molar-refractivity contribution < 1.29 is 4.74 Å². The summed E-state index contributed by atoms with van der Waals surface area (Å²) in [4.78, 5) is 0. The van der Waals surface area contributed by atoms with Crippen molar-refractivity contribution in [3.63, 3.8) is 0 Å². The van der Waals surface area contributed by atoms with Crippen LogP contribution >= 0.6 is 11.6 Å². The normalized spacial score (nSPS) is 10.6. The summed E-state index contributed by atoms with van der Waals surface area (Å²) in [7, 11) is 1.63. The fraction of sp³-hybridized carbons (Fsp3) is 0.250. The highest BCUT2D eigenvalue weighted by Gasteiger charge is 2.15. The number of rotatable bonds is 2. The Bertz CT molecular complexity index is 563. The lowest BCUT2D eigenvalue weighted by atomic mass is 9.99. The number of aromatic nitrogens is 2. The van der Waals surface area contributed by atoms with Crippen LogP contribution in [0.4, 0.5) is 5.82 Å². The number of methoxy groups -OCH3 is 1. The second-order valence-corrected chi connectivity index (χ2v) is 4.29. The molecule has 1 aromatic carbocycles. The van der Waals surface area contributed by atoms with Gasteiger partial charge in [-0.25, -0.2) is 0 Å². The topological polar surface area (TPSA) is 63.9 Å². The molecule has 0 radical (unpaired) electrons. The number of aromatic amines is 1. The summed E-state index contributed by atoms with van der Waals surface area (Å²) in [5.74, 6) is 1.31. The Morgan fingerprint density at radius 2 is 2.00 bits per heavy atom. The lowest BCUT2D eigenvalue weighted by molar-refractivity contribution is 0.409. The zero-order valence-electron chi connectivity index (χ0n) is 9.97. The number of nitrogens with zero attached hydrogens (tertiary/aromatic N) is 1. The number of nitrogens with one attached hydrogen (secondary N) is 1. The predicted molar refractivity (Wildman–Crippen MR) is 69.5 cm³/mol. The first kappa shape index (κ1) is 11.8. The lowest BCUT2D eigenvalue weighted by Crippen LogP contribution is -1.96. The first-order chi connectivity index (χ1) is 8.06. The Morgan fingerprint density at radius 1 is 1.29 bits per heavy atom. The smallest absolute Gasteiger partial charge is 0.126 e. The van der Waals surface area contributed by atoms with Gasteiger partial charge in [-0.1, -0.05) is 11.6 Å². The van der Waals surface area contributed by atoms with Crippen molar-refractivity contribution in [3.8, 4) is 16.9 Å². The summed E-state index contributed by atoms with van der Waals surface area (Å²) in [5.41, 5.74) is 9.52. The van der Waals surface area contributed by atoms with Gasteiger partial charge in [-0.15, -0.1) is 0 Å². The Kier molecular flexibility index (Phi) is 2.98. The Labute approximate surface area is 105 Å². The van der Waals surface area contributed by atoms with E-state index in [-0.39, 0.29) is 0 Å². The fourth-order valence-corrected chi connectivity index (χ4v) is 2.15. The number of ether oxygens (including phenoxy) is 1. The minimum absolute atomic E-state index is 0.523. The summed E-state index contributed by atoms with van der Waals surface area (Å²) in [6.45, 7) is 3.90. The largest absolute Gasteiger partial charge is 0.496 e. The fourth-order valence-electron chi connectivity index (χ4n) is 1.95. The summed E-state index contributed by atoms with van der Waals surface area (Å²) >= 11 is 6.19. The van der Waals surface area contributed by atoms with E-state index in [0.29, 0.717) is 10.8 Å². The van der Waals surface area contributed by atoms with Crippen molar-refractivity contribution in [2.75, 3.05) is 12.8 Å². The Balaban J connectivity index is 2.72. The SMILES string of the molecule is COc1c(C)c(Cl)cc(-c2cn[nH]c2N)c1C. The molecule has 5 heteroatoms. The second-order valence-electron chi connectivity index (χ2n) is 3.89. The molecule has 0 atom stereocenters. The van der Waals surface area contributed by atoms with Gasteiger partial charge in [-0.2, -0.15) is 5.10 Å². The van der Waals surface area contributed by atoms with E-state index in [2.05, 4.69) is 10.2 Å². The van der Waals surface area contributed by atoms with Crippen LogP contribution in [-0.4, -0.2) is 17.3 Å². The number of nitrogen functional groups attached to an aromatic ring is 1. The summed E-state index contributed by atoms with van der Waals surface area (Å²) in [5, 5.41) is 7.28. The third kappa shape index (κ3) is 1.85. The minimum Gasteiger partial charge on any atom is -0.496 e. The van der Waals surface area contributed by atoms with Crippen molar-refractivity contribution in [2.24, 2.45) is 0 Å². The van der Waals surface area contributed by atoms with E-state index in [9.17, 15) is 0 Å². The summed E-state index contributed by atoms with van der Waals surface area (Å²) < 4.78 is 5.38. The standard InChI is InChI=1S/C12H14ClN3O/c1-6-8(9-5-15-16-12(9)14)4-10(13)7(2)11(6)17-3/h4-5H,1-3H3,(H3,14,15,16). The third-order valence-corrected chi connectivity index (χ3v) is 3.27. The maximum absolute atomic E-state index is 6.19. The van der Waals surface area contributed by atoms with Crippen molar-refractivity contribution in [3.05, 3.63) is 28.4 Å². The minimum atomic E-state index is 0.523. The van der Waals surface area contributed by atoms with Gasteiger partial charge in [-0.05, 0) is 31.0 Å². The van der Waals surface area contributed by atoms with Crippen LogP contribution < -0.4 is 10.5 Å². The van der Waals surface area contributed by atoms with Crippen molar-refractivity contribution in [1.82, 2.24) is 10.2 Å². The molecule has 2 aromatic rings. The van der Waals surface area contributed by atoms with Crippen molar-refractivity contribution in [1.29, 1.82) is 0 Å². The number of nitrogens with two attached hydrogens (primary N) is 1. The van der Waals surface area contributed by atoms with Gasteiger partial charge in [0.1, 0.15) is 11.6 Å². The van der Waals surface area contributed by atoms with Gasteiger partial charge < -0.3 is 10.5 Å². The molecular formula is C12H14ClN3O. The van der Waals surface area contributed by atoms with Crippen molar-refractivity contribution >= 4 is 17.4 Å². The molecule has 0 aliphatic carbocycles. The maximum Gasteiger partial charge on any atom is 0.126 e. The maximum atomic E-state index is 6.19. The highest BCUT2D eigenvalue weighted by molar-refractivity contribution is 6.32.